The number of halogens is 1. The number of amides is 1. The van der Waals surface area contributed by atoms with Crippen LogP contribution in [-0.2, 0) is 0 Å². The van der Waals surface area contributed by atoms with Gasteiger partial charge >= 0.3 is 0 Å². The van der Waals surface area contributed by atoms with Gasteiger partial charge in [0.05, 0.1) is 18.2 Å². The Morgan fingerprint density at radius 2 is 1.89 bits per heavy atom. The topological polar surface area (TPSA) is 59.0 Å². The molecule has 4 rings (SSSR count). The summed E-state index contributed by atoms with van der Waals surface area (Å²) >= 11 is 6.31. The first-order valence-electron chi connectivity index (χ1n) is 8.98. The van der Waals surface area contributed by atoms with Crippen molar-refractivity contribution >= 4 is 23.1 Å². The monoisotopic (exact) mass is 385 g/mol. The summed E-state index contributed by atoms with van der Waals surface area (Å²) < 4.78 is 11.3. The molecule has 2 heterocycles. The average molecular weight is 386 g/mol. The zero-order valence-electron chi connectivity index (χ0n) is 14.8. The molecule has 0 atom stereocenters. The Bertz CT molecular complexity index is 892. The average Bonchev–Trinajstić information content (AvgIpc) is 2.94. The zero-order chi connectivity index (χ0) is 18.8. The molecule has 0 bridgehead atoms. The Morgan fingerprint density at radius 1 is 1.11 bits per heavy atom. The first-order chi connectivity index (χ1) is 13.1. The van der Waals surface area contributed by atoms with Gasteiger partial charge in [-0.3, -0.25) is 4.79 Å². The first kappa shape index (κ1) is 17.7. The number of hydrogen-bond acceptors (Lipinski definition) is 4. The van der Waals surface area contributed by atoms with Crippen LogP contribution in [0, 0.1) is 0 Å². The number of phenols is 1. The van der Waals surface area contributed by atoms with Gasteiger partial charge < -0.3 is 19.5 Å². The highest BCUT2D eigenvalue weighted by Gasteiger charge is 2.23. The van der Waals surface area contributed by atoms with Gasteiger partial charge in [-0.25, -0.2) is 0 Å². The van der Waals surface area contributed by atoms with Gasteiger partial charge in [-0.15, -0.1) is 0 Å². The van der Waals surface area contributed by atoms with Crippen LogP contribution in [0.2, 0.25) is 5.02 Å². The molecule has 2 aliphatic rings. The second kappa shape index (κ2) is 7.53. The van der Waals surface area contributed by atoms with Crippen molar-refractivity contribution in [2.75, 3.05) is 26.3 Å². The molecule has 0 unspecified atom stereocenters. The molecule has 140 valence electrons. The maximum atomic E-state index is 12.9. The maximum absolute atomic E-state index is 12.9. The fourth-order valence-electron chi connectivity index (χ4n) is 3.33. The highest BCUT2D eigenvalue weighted by Crippen LogP contribution is 2.38. The third kappa shape index (κ3) is 3.74. The van der Waals surface area contributed by atoms with Crippen LogP contribution >= 0.6 is 11.6 Å². The van der Waals surface area contributed by atoms with Crippen molar-refractivity contribution < 1.29 is 19.4 Å². The summed E-state index contributed by atoms with van der Waals surface area (Å²) in [6.45, 7) is 2.25. The molecule has 0 spiro atoms. The van der Waals surface area contributed by atoms with Gasteiger partial charge in [0.2, 0.25) is 0 Å². The highest BCUT2D eigenvalue weighted by molar-refractivity contribution is 6.32. The molecule has 0 radical (unpaired) electrons. The highest BCUT2D eigenvalue weighted by atomic mass is 35.5. The van der Waals surface area contributed by atoms with Crippen molar-refractivity contribution in [3.63, 3.8) is 0 Å². The van der Waals surface area contributed by atoms with Crippen molar-refractivity contribution in [1.82, 2.24) is 4.90 Å². The largest absolute Gasteiger partial charge is 0.508 e. The Kier molecular flexibility index (Phi) is 4.94. The Morgan fingerprint density at radius 3 is 2.63 bits per heavy atom. The predicted molar refractivity (Wildman–Crippen MR) is 104 cm³/mol. The van der Waals surface area contributed by atoms with E-state index in [1.54, 1.807) is 29.2 Å². The Hall–Kier alpha value is -2.66. The number of rotatable bonds is 2. The van der Waals surface area contributed by atoms with Crippen LogP contribution in [0.15, 0.2) is 42.5 Å². The molecule has 6 heteroatoms. The minimum absolute atomic E-state index is 0.0754. The van der Waals surface area contributed by atoms with E-state index in [1.165, 1.54) is 5.57 Å². The molecule has 0 aliphatic carbocycles. The SMILES string of the molecule is O=C(c1cc(Cl)c2c(c1)OCCCO2)N1CC=C(c2ccc(O)cc2)CC1. The van der Waals surface area contributed by atoms with Crippen LogP contribution < -0.4 is 9.47 Å². The van der Waals surface area contributed by atoms with Crippen LogP contribution in [0.25, 0.3) is 5.57 Å². The first-order valence-corrected chi connectivity index (χ1v) is 9.36. The van der Waals surface area contributed by atoms with E-state index in [-0.39, 0.29) is 11.7 Å². The number of aromatic hydroxyl groups is 1. The standard InChI is InChI=1S/C21H20ClNO4/c22-18-12-16(13-19-20(18)27-11-1-10-26-19)21(25)23-8-6-15(7-9-23)14-2-4-17(24)5-3-14/h2-6,12-13,24H,1,7-11H2. The van der Waals surface area contributed by atoms with Crippen LogP contribution in [0.1, 0.15) is 28.8 Å². The van der Waals surface area contributed by atoms with E-state index in [0.29, 0.717) is 48.4 Å². The molecule has 0 saturated heterocycles. The molecule has 27 heavy (non-hydrogen) atoms. The number of carbonyl (C=O) groups excluding carboxylic acids is 1. The number of nitrogens with zero attached hydrogens (tertiary/aromatic N) is 1. The van der Waals surface area contributed by atoms with Crippen LogP contribution in [-0.4, -0.2) is 42.2 Å². The third-order valence-electron chi connectivity index (χ3n) is 4.78. The summed E-state index contributed by atoms with van der Waals surface area (Å²) in [5, 5.41) is 9.82. The molecule has 2 aromatic rings. The summed E-state index contributed by atoms with van der Waals surface area (Å²) in [5.41, 5.74) is 2.75. The van der Waals surface area contributed by atoms with E-state index in [4.69, 9.17) is 21.1 Å². The fourth-order valence-corrected chi connectivity index (χ4v) is 3.59. The van der Waals surface area contributed by atoms with Gasteiger partial charge in [-0.2, -0.15) is 0 Å². The van der Waals surface area contributed by atoms with E-state index in [2.05, 4.69) is 6.08 Å². The molecule has 0 fully saturated rings. The number of benzene rings is 2. The second-order valence-electron chi connectivity index (χ2n) is 6.61. The van der Waals surface area contributed by atoms with E-state index >= 15 is 0 Å². The molecule has 1 N–H and O–H groups in total. The Balaban J connectivity index is 1.52. The Labute approximate surface area is 162 Å². The lowest BCUT2D eigenvalue weighted by Gasteiger charge is -2.27. The quantitative estimate of drug-likeness (QED) is 0.844. The smallest absolute Gasteiger partial charge is 0.254 e. The molecule has 1 amide bonds. The van der Waals surface area contributed by atoms with Crippen LogP contribution in [0.5, 0.6) is 17.2 Å². The van der Waals surface area contributed by atoms with Gasteiger partial charge in [0.15, 0.2) is 11.5 Å². The third-order valence-corrected chi connectivity index (χ3v) is 5.06. The van der Waals surface area contributed by atoms with Gasteiger partial charge in [0.1, 0.15) is 5.75 Å². The lowest BCUT2D eigenvalue weighted by Crippen LogP contribution is -2.34. The van der Waals surface area contributed by atoms with Crippen molar-refractivity contribution in [1.29, 1.82) is 0 Å². The normalized spacial score (nSPS) is 16.5. The minimum atomic E-state index is -0.0754. The number of fused-ring (bicyclic) bond motifs is 1. The molecular weight excluding hydrogens is 366 g/mol. The molecule has 0 aromatic heterocycles. The van der Waals surface area contributed by atoms with E-state index in [0.717, 1.165) is 18.4 Å². The molecule has 5 nitrogen and oxygen atoms in total. The second-order valence-corrected chi connectivity index (χ2v) is 7.02. The van der Waals surface area contributed by atoms with E-state index in [9.17, 15) is 9.90 Å². The lowest BCUT2D eigenvalue weighted by molar-refractivity contribution is 0.0772. The minimum Gasteiger partial charge on any atom is -0.508 e. The summed E-state index contributed by atoms with van der Waals surface area (Å²) in [6.07, 6.45) is 3.60. The molecule has 2 aromatic carbocycles. The van der Waals surface area contributed by atoms with E-state index < -0.39 is 0 Å². The van der Waals surface area contributed by atoms with Crippen molar-refractivity contribution in [2.45, 2.75) is 12.8 Å². The van der Waals surface area contributed by atoms with Gasteiger partial charge in [0.25, 0.3) is 5.91 Å². The summed E-state index contributed by atoms with van der Waals surface area (Å²) in [6, 6.07) is 10.5. The zero-order valence-corrected chi connectivity index (χ0v) is 15.5. The van der Waals surface area contributed by atoms with E-state index in [1.807, 2.05) is 12.1 Å². The predicted octanol–water partition coefficient (Wildman–Crippen LogP) is 4.14. The molecule has 0 saturated carbocycles. The van der Waals surface area contributed by atoms with Gasteiger partial charge in [-0.05, 0) is 41.8 Å². The fraction of sp³-hybridized carbons (Fsp3) is 0.286. The lowest BCUT2D eigenvalue weighted by atomic mass is 9.99. The van der Waals surface area contributed by atoms with Gasteiger partial charge in [-0.1, -0.05) is 29.8 Å². The number of phenolic OH excluding ortho intramolecular Hbond substituents is 1. The summed E-state index contributed by atoms with van der Waals surface area (Å²) in [5.74, 6) is 1.21. The number of carbonyl (C=O) groups is 1. The van der Waals surface area contributed by atoms with Gasteiger partial charge in [0, 0.05) is 25.1 Å². The molecule has 2 aliphatic heterocycles. The summed E-state index contributed by atoms with van der Waals surface area (Å²) in [7, 11) is 0. The van der Waals surface area contributed by atoms with Crippen LogP contribution in [0.3, 0.4) is 0 Å². The maximum Gasteiger partial charge on any atom is 0.254 e. The van der Waals surface area contributed by atoms with Crippen molar-refractivity contribution in [3.8, 4) is 17.2 Å². The van der Waals surface area contributed by atoms with Crippen molar-refractivity contribution in [3.05, 3.63) is 58.6 Å². The van der Waals surface area contributed by atoms with Crippen molar-refractivity contribution in [2.24, 2.45) is 0 Å². The summed E-state index contributed by atoms with van der Waals surface area (Å²) in [4.78, 5) is 14.7. The van der Waals surface area contributed by atoms with Crippen LogP contribution in [0.4, 0.5) is 0 Å². The molecular formula is C21H20ClNO4. The number of ether oxygens (including phenoxy) is 2. The number of hydrogen-bond donors (Lipinski definition) is 1.